The molecule has 1 amide bonds. The molecule has 176 valence electrons. The van der Waals surface area contributed by atoms with E-state index in [1.165, 1.54) is 5.56 Å². The van der Waals surface area contributed by atoms with E-state index in [9.17, 15) is 4.79 Å². The standard InChI is InChI=1S/C27H27N7O/c1-19-12-24(7-6-22(19)18-33-11-10-29-20(2)17-33)32-27(35)23-13-21(14-28-15-23)5-8-25-16-30-26-4-3-9-31-34(25)26/h3-4,6-7,9,12-16,20,29H,10-11,17-18H2,1-2H3,(H,32,35)/t20-/m0/s1. The third-order valence-corrected chi connectivity index (χ3v) is 6.06. The summed E-state index contributed by atoms with van der Waals surface area (Å²) in [6.07, 6.45) is 6.54. The average molecular weight is 466 g/mol. The Hall–Kier alpha value is -4.06. The van der Waals surface area contributed by atoms with Gasteiger partial charge in [0, 0.05) is 62.1 Å². The highest BCUT2D eigenvalue weighted by Gasteiger charge is 2.16. The van der Waals surface area contributed by atoms with Crippen LogP contribution in [0.5, 0.6) is 0 Å². The van der Waals surface area contributed by atoms with Crippen molar-refractivity contribution in [2.75, 3.05) is 25.0 Å². The van der Waals surface area contributed by atoms with Crippen LogP contribution < -0.4 is 10.6 Å². The number of aromatic nitrogens is 4. The van der Waals surface area contributed by atoms with Crippen molar-refractivity contribution in [2.45, 2.75) is 26.4 Å². The first kappa shape index (κ1) is 22.7. The largest absolute Gasteiger partial charge is 0.322 e. The van der Waals surface area contributed by atoms with Gasteiger partial charge in [-0.3, -0.25) is 14.7 Å². The van der Waals surface area contributed by atoms with Crippen molar-refractivity contribution in [2.24, 2.45) is 0 Å². The summed E-state index contributed by atoms with van der Waals surface area (Å²) in [5.41, 5.74) is 5.68. The van der Waals surface area contributed by atoms with Gasteiger partial charge < -0.3 is 10.6 Å². The molecule has 5 rings (SSSR count). The number of aryl methyl sites for hydroxylation is 1. The third kappa shape index (κ3) is 5.38. The summed E-state index contributed by atoms with van der Waals surface area (Å²) < 4.78 is 1.67. The van der Waals surface area contributed by atoms with Gasteiger partial charge in [-0.05, 0) is 61.2 Å². The Morgan fingerprint density at radius 1 is 1.20 bits per heavy atom. The summed E-state index contributed by atoms with van der Waals surface area (Å²) in [5, 5.41) is 10.7. The van der Waals surface area contributed by atoms with E-state index in [0.717, 1.165) is 43.1 Å². The summed E-state index contributed by atoms with van der Waals surface area (Å²) in [6, 6.07) is 12.0. The minimum atomic E-state index is -0.222. The lowest BCUT2D eigenvalue weighted by atomic mass is 10.1. The molecule has 1 aromatic carbocycles. The number of benzene rings is 1. The van der Waals surface area contributed by atoms with Crippen LogP contribution in [0.3, 0.4) is 0 Å². The van der Waals surface area contributed by atoms with E-state index in [0.29, 0.717) is 22.9 Å². The van der Waals surface area contributed by atoms with E-state index >= 15 is 0 Å². The molecule has 8 heteroatoms. The van der Waals surface area contributed by atoms with Crippen LogP contribution >= 0.6 is 0 Å². The lowest BCUT2D eigenvalue weighted by Crippen LogP contribution is -2.48. The zero-order valence-electron chi connectivity index (χ0n) is 19.8. The molecule has 8 nitrogen and oxygen atoms in total. The van der Waals surface area contributed by atoms with Crippen LogP contribution in [0.25, 0.3) is 5.65 Å². The predicted molar refractivity (Wildman–Crippen MR) is 135 cm³/mol. The highest BCUT2D eigenvalue weighted by molar-refractivity contribution is 6.04. The van der Waals surface area contributed by atoms with E-state index in [1.807, 2.05) is 24.3 Å². The Morgan fingerprint density at radius 2 is 2.11 bits per heavy atom. The van der Waals surface area contributed by atoms with Gasteiger partial charge in [0.05, 0.1) is 11.8 Å². The molecule has 0 aliphatic carbocycles. The lowest BCUT2D eigenvalue weighted by Gasteiger charge is -2.32. The number of pyridine rings is 1. The number of piperazine rings is 1. The second-order valence-electron chi connectivity index (χ2n) is 8.84. The molecule has 0 saturated carbocycles. The highest BCUT2D eigenvalue weighted by Crippen LogP contribution is 2.19. The number of carbonyl (C=O) groups excluding carboxylic acids is 1. The molecule has 1 atom stereocenters. The van der Waals surface area contributed by atoms with E-state index in [2.05, 4.69) is 62.4 Å². The smallest absolute Gasteiger partial charge is 0.257 e. The summed E-state index contributed by atoms with van der Waals surface area (Å²) in [6.45, 7) is 8.31. The Morgan fingerprint density at radius 3 is 2.97 bits per heavy atom. The highest BCUT2D eigenvalue weighted by atomic mass is 16.1. The second-order valence-corrected chi connectivity index (χ2v) is 8.84. The summed E-state index contributed by atoms with van der Waals surface area (Å²) in [4.78, 5) is 23.8. The van der Waals surface area contributed by atoms with Crippen molar-refractivity contribution in [3.8, 4) is 11.8 Å². The molecule has 4 aromatic rings. The first-order valence-electron chi connectivity index (χ1n) is 11.7. The second kappa shape index (κ2) is 10.1. The van der Waals surface area contributed by atoms with Crippen LogP contribution in [-0.4, -0.2) is 56.1 Å². The topological polar surface area (TPSA) is 87.5 Å². The maximum absolute atomic E-state index is 12.9. The van der Waals surface area contributed by atoms with Gasteiger partial charge in [0.15, 0.2) is 5.65 Å². The van der Waals surface area contributed by atoms with Gasteiger partial charge in [-0.25, -0.2) is 9.50 Å². The van der Waals surface area contributed by atoms with Crippen LogP contribution in [0, 0.1) is 18.8 Å². The first-order valence-corrected chi connectivity index (χ1v) is 11.7. The zero-order valence-corrected chi connectivity index (χ0v) is 19.8. The van der Waals surface area contributed by atoms with Crippen molar-refractivity contribution in [3.63, 3.8) is 0 Å². The number of anilines is 1. The zero-order chi connectivity index (χ0) is 24.2. The summed E-state index contributed by atoms with van der Waals surface area (Å²) >= 11 is 0. The van der Waals surface area contributed by atoms with Crippen LogP contribution in [0.4, 0.5) is 5.69 Å². The molecule has 1 aliphatic rings. The van der Waals surface area contributed by atoms with Crippen molar-refractivity contribution >= 4 is 17.2 Å². The Kier molecular flexibility index (Phi) is 6.53. The number of rotatable bonds is 4. The number of fused-ring (bicyclic) bond motifs is 1. The van der Waals surface area contributed by atoms with Gasteiger partial charge >= 0.3 is 0 Å². The Labute approximate surface area is 204 Å². The molecule has 4 heterocycles. The van der Waals surface area contributed by atoms with Crippen molar-refractivity contribution in [3.05, 3.63) is 89.1 Å². The van der Waals surface area contributed by atoms with Crippen molar-refractivity contribution in [1.29, 1.82) is 0 Å². The molecule has 0 unspecified atom stereocenters. The molecule has 3 aromatic heterocycles. The Balaban J connectivity index is 1.27. The predicted octanol–water partition coefficient (Wildman–Crippen LogP) is 2.88. The minimum absolute atomic E-state index is 0.222. The molecule has 1 saturated heterocycles. The third-order valence-electron chi connectivity index (χ3n) is 6.06. The number of carbonyl (C=O) groups is 1. The average Bonchev–Trinajstić information content (AvgIpc) is 3.28. The van der Waals surface area contributed by atoms with Gasteiger partial charge in [-0.2, -0.15) is 5.10 Å². The van der Waals surface area contributed by atoms with Gasteiger partial charge in [0.2, 0.25) is 0 Å². The monoisotopic (exact) mass is 465 g/mol. The molecule has 0 bridgehead atoms. The number of hydrogen-bond acceptors (Lipinski definition) is 6. The fraction of sp³-hybridized carbons (Fsp3) is 0.259. The van der Waals surface area contributed by atoms with E-state index in [-0.39, 0.29) is 5.91 Å². The fourth-order valence-corrected chi connectivity index (χ4v) is 4.23. The molecule has 0 radical (unpaired) electrons. The van der Waals surface area contributed by atoms with Crippen LogP contribution in [0.2, 0.25) is 0 Å². The SMILES string of the molecule is Cc1cc(NC(=O)c2cncc(C#Cc3cnc4cccnn34)c2)ccc1CN1CCN[C@@H](C)C1. The molecule has 1 aliphatic heterocycles. The van der Waals surface area contributed by atoms with Gasteiger partial charge in [0.1, 0.15) is 5.69 Å². The summed E-state index contributed by atoms with van der Waals surface area (Å²) in [7, 11) is 0. The maximum atomic E-state index is 12.9. The normalized spacial score (nSPS) is 16.0. The first-order chi connectivity index (χ1) is 17.0. The van der Waals surface area contributed by atoms with Gasteiger partial charge in [-0.1, -0.05) is 12.0 Å². The fourth-order valence-electron chi connectivity index (χ4n) is 4.23. The molecule has 0 spiro atoms. The van der Waals surface area contributed by atoms with E-state index < -0.39 is 0 Å². The molecule has 1 fully saturated rings. The summed E-state index contributed by atoms with van der Waals surface area (Å²) in [5.74, 6) is 5.89. The molecule has 35 heavy (non-hydrogen) atoms. The number of hydrogen-bond donors (Lipinski definition) is 2. The van der Waals surface area contributed by atoms with Crippen LogP contribution in [0.15, 0.2) is 61.2 Å². The number of nitrogens with zero attached hydrogens (tertiary/aromatic N) is 5. The lowest BCUT2D eigenvalue weighted by molar-refractivity contribution is 0.102. The quantitative estimate of drug-likeness (QED) is 0.451. The number of nitrogens with one attached hydrogen (secondary N) is 2. The maximum Gasteiger partial charge on any atom is 0.257 e. The van der Waals surface area contributed by atoms with Crippen molar-refractivity contribution < 1.29 is 4.79 Å². The van der Waals surface area contributed by atoms with E-state index in [4.69, 9.17) is 0 Å². The minimum Gasteiger partial charge on any atom is -0.322 e. The molecular formula is C27H27N7O. The molecule has 2 N–H and O–H groups in total. The van der Waals surface area contributed by atoms with Crippen LogP contribution in [0.1, 0.15) is 39.7 Å². The van der Waals surface area contributed by atoms with Crippen molar-refractivity contribution in [1.82, 2.24) is 29.8 Å². The number of imidazole rings is 1. The Bertz CT molecular complexity index is 1430. The molecular weight excluding hydrogens is 438 g/mol. The van der Waals surface area contributed by atoms with E-state index in [1.54, 1.807) is 35.4 Å². The van der Waals surface area contributed by atoms with Gasteiger partial charge in [0.25, 0.3) is 5.91 Å². The van der Waals surface area contributed by atoms with Gasteiger partial charge in [-0.15, -0.1) is 0 Å². The number of amides is 1. The van der Waals surface area contributed by atoms with Crippen LogP contribution in [-0.2, 0) is 6.54 Å².